The Kier molecular flexibility index (Phi) is 4.69. The summed E-state index contributed by atoms with van der Waals surface area (Å²) in [5, 5.41) is 0. The SMILES string of the molecule is CCN(CC)CC(C)(C=O)c1ccccc1. The van der Waals surface area contributed by atoms with Crippen LogP contribution in [0.2, 0.25) is 0 Å². The Hall–Kier alpha value is -1.15. The summed E-state index contributed by atoms with van der Waals surface area (Å²) in [4.78, 5) is 13.6. The molecule has 0 radical (unpaired) electrons. The first-order valence-corrected chi connectivity index (χ1v) is 5.90. The molecule has 1 aromatic carbocycles. The van der Waals surface area contributed by atoms with Crippen molar-refractivity contribution in [1.29, 1.82) is 0 Å². The molecule has 1 unspecified atom stereocenters. The predicted molar refractivity (Wildman–Crippen MR) is 67.6 cm³/mol. The van der Waals surface area contributed by atoms with Crippen LogP contribution in [-0.2, 0) is 10.2 Å². The first-order valence-electron chi connectivity index (χ1n) is 5.90. The van der Waals surface area contributed by atoms with Crippen molar-refractivity contribution in [2.75, 3.05) is 19.6 Å². The van der Waals surface area contributed by atoms with Crippen LogP contribution in [0.1, 0.15) is 26.3 Å². The van der Waals surface area contributed by atoms with Gasteiger partial charge in [-0.05, 0) is 25.6 Å². The normalized spacial score (nSPS) is 14.8. The maximum Gasteiger partial charge on any atom is 0.131 e. The Morgan fingerprint density at radius 3 is 2.19 bits per heavy atom. The van der Waals surface area contributed by atoms with Gasteiger partial charge in [-0.25, -0.2) is 0 Å². The van der Waals surface area contributed by atoms with E-state index in [1.54, 1.807) is 0 Å². The van der Waals surface area contributed by atoms with E-state index >= 15 is 0 Å². The summed E-state index contributed by atoms with van der Waals surface area (Å²) in [6, 6.07) is 10.0. The lowest BCUT2D eigenvalue weighted by Crippen LogP contribution is -2.40. The molecular weight excluding hydrogens is 198 g/mol. The number of likely N-dealkylation sites (N-methyl/N-ethyl adjacent to an activating group) is 1. The van der Waals surface area contributed by atoms with Gasteiger partial charge in [0, 0.05) is 6.54 Å². The van der Waals surface area contributed by atoms with Gasteiger partial charge in [-0.2, -0.15) is 0 Å². The molecule has 2 heteroatoms. The van der Waals surface area contributed by atoms with E-state index in [0.29, 0.717) is 0 Å². The zero-order valence-corrected chi connectivity index (χ0v) is 10.4. The lowest BCUT2D eigenvalue weighted by atomic mass is 9.83. The lowest BCUT2D eigenvalue weighted by molar-refractivity contribution is -0.112. The van der Waals surface area contributed by atoms with Crippen molar-refractivity contribution in [1.82, 2.24) is 4.90 Å². The van der Waals surface area contributed by atoms with Crippen molar-refractivity contribution >= 4 is 6.29 Å². The molecule has 88 valence electrons. The van der Waals surface area contributed by atoms with Gasteiger partial charge in [-0.1, -0.05) is 44.2 Å². The summed E-state index contributed by atoms with van der Waals surface area (Å²) >= 11 is 0. The molecule has 0 heterocycles. The summed E-state index contributed by atoms with van der Waals surface area (Å²) in [5.74, 6) is 0. The number of aldehydes is 1. The van der Waals surface area contributed by atoms with Crippen molar-refractivity contribution in [2.24, 2.45) is 0 Å². The van der Waals surface area contributed by atoms with Gasteiger partial charge >= 0.3 is 0 Å². The third kappa shape index (κ3) is 2.92. The number of nitrogens with zero attached hydrogens (tertiary/aromatic N) is 1. The van der Waals surface area contributed by atoms with Gasteiger partial charge in [0.1, 0.15) is 6.29 Å². The van der Waals surface area contributed by atoms with Crippen LogP contribution in [-0.4, -0.2) is 30.8 Å². The van der Waals surface area contributed by atoms with Crippen molar-refractivity contribution in [3.8, 4) is 0 Å². The molecule has 0 aliphatic heterocycles. The van der Waals surface area contributed by atoms with Gasteiger partial charge < -0.3 is 9.69 Å². The zero-order chi connectivity index (χ0) is 12.0. The fourth-order valence-electron chi connectivity index (χ4n) is 1.93. The summed E-state index contributed by atoms with van der Waals surface area (Å²) in [6.45, 7) is 9.00. The number of carbonyl (C=O) groups excluding carboxylic acids is 1. The topological polar surface area (TPSA) is 20.3 Å². The van der Waals surface area contributed by atoms with Crippen molar-refractivity contribution in [2.45, 2.75) is 26.2 Å². The van der Waals surface area contributed by atoms with E-state index in [4.69, 9.17) is 0 Å². The maximum atomic E-state index is 11.4. The minimum absolute atomic E-state index is 0.396. The average molecular weight is 219 g/mol. The van der Waals surface area contributed by atoms with Crippen LogP contribution < -0.4 is 0 Å². The van der Waals surface area contributed by atoms with E-state index < -0.39 is 5.41 Å². The summed E-state index contributed by atoms with van der Waals surface area (Å²) < 4.78 is 0. The van der Waals surface area contributed by atoms with E-state index in [-0.39, 0.29) is 0 Å². The smallest absolute Gasteiger partial charge is 0.131 e. The number of rotatable bonds is 6. The molecule has 1 aromatic rings. The number of benzene rings is 1. The highest BCUT2D eigenvalue weighted by Crippen LogP contribution is 2.22. The molecular formula is C14H21NO. The minimum Gasteiger partial charge on any atom is -0.303 e. The third-order valence-electron chi connectivity index (χ3n) is 3.14. The van der Waals surface area contributed by atoms with Crippen molar-refractivity contribution < 1.29 is 4.79 Å². The van der Waals surface area contributed by atoms with Crippen molar-refractivity contribution in [3.05, 3.63) is 35.9 Å². The minimum atomic E-state index is -0.396. The molecule has 16 heavy (non-hydrogen) atoms. The van der Waals surface area contributed by atoms with Gasteiger partial charge in [-0.3, -0.25) is 0 Å². The van der Waals surface area contributed by atoms with Crippen LogP contribution >= 0.6 is 0 Å². The summed E-state index contributed by atoms with van der Waals surface area (Å²) in [5.41, 5.74) is 0.699. The average Bonchev–Trinajstić information content (AvgIpc) is 2.36. The van der Waals surface area contributed by atoms with E-state index in [2.05, 4.69) is 18.7 Å². The number of hydrogen-bond donors (Lipinski definition) is 0. The van der Waals surface area contributed by atoms with Crippen molar-refractivity contribution in [3.63, 3.8) is 0 Å². The van der Waals surface area contributed by atoms with E-state index in [9.17, 15) is 4.79 Å². The Labute approximate surface area is 98.3 Å². The molecule has 0 spiro atoms. The van der Waals surface area contributed by atoms with E-state index in [0.717, 1.165) is 31.5 Å². The second kappa shape index (κ2) is 5.80. The molecule has 1 atom stereocenters. The molecule has 0 bridgehead atoms. The molecule has 0 amide bonds. The van der Waals surface area contributed by atoms with Crippen LogP contribution in [0.3, 0.4) is 0 Å². The molecule has 1 rings (SSSR count). The van der Waals surface area contributed by atoms with Crippen LogP contribution in [0.4, 0.5) is 0 Å². The van der Waals surface area contributed by atoms with Crippen LogP contribution in [0.15, 0.2) is 30.3 Å². The first-order chi connectivity index (χ1) is 7.66. The Bertz CT molecular complexity index is 319. The quantitative estimate of drug-likeness (QED) is 0.685. The molecule has 0 fully saturated rings. The zero-order valence-electron chi connectivity index (χ0n) is 10.4. The summed E-state index contributed by atoms with van der Waals surface area (Å²) in [6.07, 6.45) is 1.07. The largest absolute Gasteiger partial charge is 0.303 e. The summed E-state index contributed by atoms with van der Waals surface area (Å²) in [7, 11) is 0. The fraction of sp³-hybridized carbons (Fsp3) is 0.500. The standard InChI is InChI=1S/C14H21NO/c1-4-15(5-2)11-14(3,12-16)13-9-7-6-8-10-13/h6-10,12H,4-5,11H2,1-3H3. The van der Waals surface area contributed by atoms with Gasteiger partial charge in [0.05, 0.1) is 5.41 Å². The molecule has 0 saturated carbocycles. The first kappa shape index (κ1) is 12.9. The van der Waals surface area contributed by atoms with E-state index in [1.165, 1.54) is 0 Å². The Balaban J connectivity index is 2.89. The molecule has 0 saturated heterocycles. The van der Waals surface area contributed by atoms with E-state index in [1.807, 2.05) is 37.3 Å². The fourth-order valence-corrected chi connectivity index (χ4v) is 1.93. The highest BCUT2D eigenvalue weighted by atomic mass is 16.1. The molecule has 0 aliphatic carbocycles. The molecule has 0 N–H and O–H groups in total. The molecule has 0 aliphatic rings. The van der Waals surface area contributed by atoms with Crippen LogP contribution in [0.25, 0.3) is 0 Å². The molecule has 2 nitrogen and oxygen atoms in total. The highest BCUT2D eigenvalue weighted by molar-refractivity contribution is 5.68. The van der Waals surface area contributed by atoms with Gasteiger partial charge in [0.15, 0.2) is 0 Å². The lowest BCUT2D eigenvalue weighted by Gasteiger charge is -2.30. The maximum absolute atomic E-state index is 11.4. The second-order valence-corrected chi connectivity index (χ2v) is 4.36. The van der Waals surface area contributed by atoms with Crippen LogP contribution in [0, 0.1) is 0 Å². The predicted octanol–water partition coefficient (Wildman–Crippen LogP) is 2.49. The monoisotopic (exact) mass is 219 g/mol. The van der Waals surface area contributed by atoms with Gasteiger partial charge in [0.2, 0.25) is 0 Å². The van der Waals surface area contributed by atoms with Gasteiger partial charge in [0.25, 0.3) is 0 Å². The Morgan fingerprint density at radius 2 is 1.75 bits per heavy atom. The molecule has 0 aromatic heterocycles. The Morgan fingerprint density at radius 1 is 1.19 bits per heavy atom. The van der Waals surface area contributed by atoms with Crippen LogP contribution in [0.5, 0.6) is 0 Å². The number of hydrogen-bond acceptors (Lipinski definition) is 2. The third-order valence-corrected chi connectivity index (χ3v) is 3.14. The second-order valence-electron chi connectivity index (χ2n) is 4.36. The number of carbonyl (C=O) groups is 1. The highest BCUT2D eigenvalue weighted by Gasteiger charge is 2.27. The van der Waals surface area contributed by atoms with Gasteiger partial charge in [-0.15, -0.1) is 0 Å².